The number of aromatic nitrogens is 1. The Morgan fingerprint density at radius 3 is 2.38 bits per heavy atom. The Labute approximate surface area is 122 Å². The summed E-state index contributed by atoms with van der Waals surface area (Å²) in [6.07, 6.45) is 1.16. The molecule has 0 aliphatic heterocycles. The van der Waals surface area contributed by atoms with Crippen LogP contribution in [0.3, 0.4) is 0 Å². The molecule has 2 aromatic rings. The molecule has 0 saturated carbocycles. The first-order chi connectivity index (χ1) is 9.96. The summed E-state index contributed by atoms with van der Waals surface area (Å²) < 4.78 is 34.2. The van der Waals surface area contributed by atoms with E-state index in [2.05, 4.69) is 4.98 Å². The van der Waals surface area contributed by atoms with E-state index >= 15 is 0 Å². The summed E-state index contributed by atoms with van der Waals surface area (Å²) in [5.41, 5.74) is 0.648. The first kappa shape index (κ1) is 14.8. The van der Waals surface area contributed by atoms with Gasteiger partial charge in [-0.05, 0) is 37.3 Å². The summed E-state index contributed by atoms with van der Waals surface area (Å²) in [6, 6.07) is 9.24. The fourth-order valence-electron chi connectivity index (χ4n) is 1.57. The van der Waals surface area contributed by atoms with Crippen LogP contribution >= 0.6 is 0 Å². The van der Waals surface area contributed by atoms with Gasteiger partial charge in [0.15, 0.2) is 0 Å². The van der Waals surface area contributed by atoms with Crippen LogP contribution in [0, 0.1) is 18.3 Å². The van der Waals surface area contributed by atoms with Gasteiger partial charge in [-0.25, -0.2) is 0 Å². The van der Waals surface area contributed by atoms with Crippen molar-refractivity contribution in [2.75, 3.05) is 7.11 Å². The first-order valence-electron chi connectivity index (χ1n) is 5.91. The Kier molecular flexibility index (Phi) is 4.10. The minimum Gasteiger partial charge on any atom is -0.497 e. The summed E-state index contributed by atoms with van der Waals surface area (Å²) in [4.78, 5) is 3.72. The zero-order valence-electron chi connectivity index (χ0n) is 11.4. The summed E-state index contributed by atoms with van der Waals surface area (Å²) >= 11 is 0. The molecule has 0 radical (unpaired) electrons. The van der Waals surface area contributed by atoms with Gasteiger partial charge < -0.3 is 8.92 Å². The van der Waals surface area contributed by atoms with Crippen molar-refractivity contribution in [3.05, 3.63) is 47.8 Å². The summed E-state index contributed by atoms with van der Waals surface area (Å²) in [6.45, 7) is 1.62. The second-order valence-electron chi connectivity index (χ2n) is 4.13. The highest BCUT2D eigenvalue weighted by Crippen LogP contribution is 2.22. The topological polar surface area (TPSA) is 89.3 Å². The average Bonchev–Trinajstić information content (AvgIpc) is 2.48. The van der Waals surface area contributed by atoms with Crippen LogP contribution < -0.4 is 8.92 Å². The molecular weight excluding hydrogens is 292 g/mol. The highest BCUT2D eigenvalue weighted by molar-refractivity contribution is 7.87. The Morgan fingerprint density at radius 1 is 1.19 bits per heavy atom. The molecule has 1 heterocycles. The fraction of sp³-hybridized carbons (Fsp3) is 0.143. The molecule has 1 aromatic carbocycles. The second kappa shape index (κ2) is 5.81. The van der Waals surface area contributed by atoms with E-state index in [0.717, 1.165) is 6.20 Å². The fourth-order valence-corrected chi connectivity index (χ4v) is 2.47. The molecule has 0 aliphatic rings. The van der Waals surface area contributed by atoms with Crippen LogP contribution in [0.5, 0.6) is 11.5 Å². The Balaban J connectivity index is 2.31. The van der Waals surface area contributed by atoms with Crippen molar-refractivity contribution in [2.45, 2.75) is 11.8 Å². The van der Waals surface area contributed by atoms with E-state index in [-0.39, 0.29) is 16.2 Å². The lowest BCUT2D eigenvalue weighted by Gasteiger charge is -2.08. The van der Waals surface area contributed by atoms with Crippen LogP contribution in [0.15, 0.2) is 41.4 Å². The van der Waals surface area contributed by atoms with E-state index < -0.39 is 10.1 Å². The van der Waals surface area contributed by atoms with Crippen molar-refractivity contribution in [2.24, 2.45) is 0 Å². The molecule has 0 N–H and O–H groups in total. The number of benzene rings is 1. The van der Waals surface area contributed by atoms with Crippen molar-refractivity contribution in [3.63, 3.8) is 0 Å². The van der Waals surface area contributed by atoms with E-state index in [0.29, 0.717) is 11.4 Å². The highest BCUT2D eigenvalue weighted by Gasteiger charge is 2.18. The van der Waals surface area contributed by atoms with Gasteiger partial charge in [-0.15, -0.1) is 0 Å². The molecule has 7 heteroatoms. The van der Waals surface area contributed by atoms with Gasteiger partial charge >= 0.3 is 10.1 Å². The second-order valence-corrected chi connectivity index (χ2v) is 5.68. The third-order valence-corrected chi connectivity index (χ3v) is 3.95. The monoisotopic (exact) mass is 304 g/mol. The van der Waals surface area contributed by atoms with Gasteiger partial charge in [-0.3, -0.25) is 4.98 Å². The number of nitriles is 1. The Morgan fingerprint density at radius 2 is 1.81 bits per heavy atom. The van der Waals surface area contributed by atoms with Crippen LogP contribution in [-0.4, -0.2) is 20.5 Å². The van der Waals surface area contributed by atoms with E-state index in [4.69, 9.17) is 14.2 Å². The third-order valence-electron chi connectivity index (χ3n) is 2.74. The van der Waals surface area contributed by atoms with Crippen LogP contribution in [0.4, 0.5) is 0 Å². The molecule has 0 unspecified atom stereocenters. The Bertz CT molecular complexity index is 793. The van der Waals surface area contributed by atoms with Gasteiger partial charge in [-0.1, -0.05) is 0 Å². The first-order valence-corrected chi connectivity index (χ1v) is 7.32. The Hall–Kier alpha value is -2.59. The molecule has 108 valence electrons. The normalized spacial score (nSPS) is 10.7. The van der Waals surface area contributed by atoms with Gasteiger partial charge in [0.1, 0.15) is 22.5 Å². The summed E-state index contributed by atoms with van der Waals surface area (Å²) in [5, 5.41) is 8.92. The van der Waals surface area contributed by atoms with Crippen molar-refractivity contribution in [1.82, 2.24) is 4.98 Å². The molecule has 0 fully saturated rings. The van der Waals surface area contributed by atoms with Crippen LogP contribution in [0.2, 0.25) is 0 Å². The molecule has 0 bridgehead atoms. The van der Waals surface area contributed by atoms with Gasteiger partial charge in [-0.2, -0.15) is 13.7 Å². The number of nitrogens with zero attached hydrogens (tertiary/aromatic N) is 2. The molecule has 1 aromatic heterocycles. The summed E-state index contributed by atoms with van der Waals surface area (Å²) in [7, 11) is -2.53. The van der Waals surface area contributed by atoms with Gasteiger partial charge in [0.2, 0.25) is 0 Å². The number of ether oxygens (including phenoxy) is 1. The maximum Gasteiger partial charge on any atom is 0.340 e. The average molecular weight is 304 g/mol. The van der Waals surface area contributed by atoms with Crippen LogP contribution in [0.25, 0.3) is 0 Å². The highest BCUT2D eigenvalue weighted by atomic mass is 32.2. The smallest absolute Gasteiger partial charge is 0.340 e. The molecule has 21 heavy (non-hydrogen) atoms. The third kappa shape index (κ3) is 3.30. The lowest BCUT2D eigenvalue weighted by Crippen LogP contribution is -2.11. The van der Waals surface area contributed by atoms with E-state index in [9.17, 15) is 8.42 Å². The van der Waals surface area contributed by atoms with E-state index in [1.165, 1.54) is 25.3 Å². The van der Waals surface area contributed by atoms with Crippen molar-refractivity contribution in [3.8, 4) is 17.6 Å². The number of pyridine rings is 1. The molecular formula is C14H12N2O4S. The molecule has 0 saturated heterocycles. The molecule has 6 nitrogen and oxygen atoms in total. The van der Waals surface area contributed by atoms with Crippen LogP contribution in [-0.2, 0) is 10.1 Å². The maximum atomic E-state index is 12.1. The molecule has 0 atom stereocenters. The molecule has 2 rings (SSSR count). The predicted molar refractivity (Wildman–Crippen MR) is 74.5 cm³/mol. The number of hydrogen-bond donors (Lipinski definition) is 0. The maximum absolute atomic E-state index is 12.1. The standard InChI is InChI=1S/C14H12N2O4S/c1-10-11(8-15)7-14(9-16-10)21(17,18)20-13-5-3-12(19-2)4-6-13/h3-7,9H,1-2H3. The molecule has 0 amide bonds. The van der Waals surface area contributed by atoms with E-state index in [1.807, 2.05) is 6.07 Å². The van der Waals surface area contributed by atoms with Gasteiger partial charge in [0.25, 0.3) is 0 Å². The molecule has 0 spiro atoms. The lowest BCUT2D eigenvalue weighted by molar-refractivity contribution is 0.413. The lowest BCUT2D eigenvalue weighted by atomic mass is 10.2. The number of aryl methyl sites for hydroxylation is 1. The van der Waals surface area contributed by atoms with E-state index in [1.54, 1.807) is 19.1 Å². The minimum absolute atomic E-state index is 0.148. The zero-order valence-corrected chi connectivity index (χ0v) is 12.2. The quantitative estimate of drug-likeness (QED) is 0.803. The SMILES string of the molecule is COc1ccc(OS(=O)(=O)c2cnc(C)c(C#N)c2)cc1. The van der Waals surface area contributed by atoms with Gasteiger partial charge in [0, 0.05) is 6.20 Å². The number of methoxy groups -OCH3 is 1. The van der Waals surface area contributed by atoms with Crippen molar-refractivity contribution >= 4 is 10.1 Å². The molecule has 0 aliphatic carbocycles. The number of rotatable bonds is 4. The minimum atomic E-state index is -4.04. The van der Waals surface area contributed by atoms with Crippen molar-refractivity contribution in [1.29, 1.82) is 5.26 Å². The van der Waals surface area contributed by atoms with Crippen LogP contribution in [0.1, 0.15) is 11.3 Å². The summed E-state index contributed by atoms with van der Waals surface area (Å²) in [5.74, 6) is 0.735. The zero-order chi connectivity index (χ0) is 15.5. The van der Waals surface area contributed by atoms with Gasteiger partial charge in [0.05, 0.1) is 18.4 Å². The number of hydrogen-bond acceptors (Lipinski definition) is 6. The van der Waals surface area contributed by atoms with Crippen molar-refractivity contribution < 1.29 is 17.3 Å². The predicted octanol–water partition coefficient (Wildman–Crippen LogP) is 2.04. The largest absolute Gasteiger partial charge is 0.497 e.